The topological polar surface area (TPSA) is 121 Å². The minimum absolute atomic E-state index is 0.125. The molecule has 0 spiro atoms. The van der Waals surface area contributed by atoms with Crippen LogP contribution in [-0.2, 0) is 24.0 Å². The van der Waals surface area contributed by atoms with Gasteiger partial charge in [-0.3, -0.25) is 9.59 Å². The minimum Gasteiger partial charge on any atom is -0.356 e. The number of hydrogen-bond donors (Lipinski definition) is 3. The van der Waals surface area contributed by atoms with E-state index in [1.165, 1.54) is 64.2 Å². The Balaban J connectivity index is 3.58. The third kappa shape index (κ3) is 24.3. The van der Waals surface area contributed by atoms with Gasteiger partial charge < -0.3 is 30.3 Å². The van der Waals surface area contributed by atoms with E-state index in [2.05, 4.69) is 16.0 Å². The van der Waals surface area contributed by atoms with E-state index in [1.807, 2.05) is 0 Å². The molecular formula is C30H55N3O5. The van der Waals surface area contributed by atoms with Crippen molar-refractivity contribution in [3.05, 3.63) is 0 Å². The lowest BCUT2D eigenvalue weighted by Crippen LogP contribution is -2.37. The van der Waals surface area contributed by atoms with Crippen molar-refractivity contribution in [2.45, 2.75) is 147 Å². The molecule has 0 fully saturated rings. The van der Waals surface area contributed by atoms with Crippen LogP contribution in [0.5, 0.6) is 0 Å². The van der Waals surface area contributed by atoms with E-state index in [-0.39, 0.29) is 24.3 Å². The second kappa shape index (κ2) is 27.9. The monoisotopic (exact) mass is 537 g/mol. The molecule has 1 unspecified atom stereocenters. The second-order valence-corrected chi connectivity index (χ2v) is 10.4. The highest BCUT2D eigenvalue weighted by atomic mass is 16.2. The van der Waals surface area contributed by atoms with Crippen molar-refractivity contribution in [3.63, 3.8) is 0 Å². The van der Waals surface area contributed by atoms with Gasteiger partial charge in [0.15, 0.2) is 0 Å². The largest absolute Gasteiger partial charge is 0.356 e. The predicted molar refractivity (Wildman–Crippen MR) is 153 cm³/mol. The molecule has 8 heteroatoms. The van der Waals surface area contributed by atoms with E-state index >= 15 is 0 Å². The van der Waals surface area contributed by atoms with Crippen molar-refractivity contribution in [1.29, 1.82) is 0 Å². The Morgan fingerprint density at radius 3 is 1.61 bits per heavy atom. The number of rotatable bonds is 29. The van der Waals surface area contributed by atoms with Crippen molar-refractivity contribution in [2.24, 2.45) is 0 Å². The molecule has 0 aromatic carbocycles. The molecule has 0 aliphatic carbocycles. The van der Waals surface area contributed by atoms with E-state index < -0.39 is 6.04 Å². The molecule has 0 heterocycles. The van der Waals surface area contributed by atoms with Gasteiger partial charge in [-0.1, -0.05) is 77.0 Å². The average molecular weight is 538 g/mol. The van der Waals surface area contributed by atoms with Gasteiger partial charge in [-0.2, -0.15) is 0 Å². The lowest BCUT2D eigenvalue weighted by Gasteiger charge is -2.13. The van der Waals surface area contributed by atoms with Crippen molar-refractivity contribution in [2.75, 3.05) is 13.6 Å². The maximum Gasteiger partial charge on any atom is 0.220 e. The van der Waals surface area contributed by atoms with Gasteiger partial charge in [-0.25, -0.2) is 0 Å². The highest BCUT2D eigenvalue weighted by Gasteiger charge is 2.13. The molecule has 0 radical (unpaired) electrons. The third-order valence-corrected chi connectivity index (χ3v) is 6.97. The number of carbonyl (C=O) groups excluding carboxylic acids is 5. The standard InChI is InChI=1S/C30H55N3O5/c1-31-27(25-35)19-16-17-23-32-29(37)22-21-28(26-36)33-30(38)20-15-13-11-9-7-5-3-2-4-6-8-10-12-14-18-24-34/h24-28,31H,2-23H2,1H3,(H,32,37)(H,33,38)/t27?,28-/m0/s1. The summed E-state index contributed by atoms with van der Waals surface area (Å²) in [5.74, 6) is -0.255. The Labute approximate surface area is 231 Å². The fraction of sp³-hybridized carbons (Fsp3) is 0.833. The van der Waals surface area contributed by atoms with Crippen LogP contribution in [0.2, 0.25) is 0 Å². The number of nitrogens with one attached hydrogen (secondary N) is 3. The molecule has 2 atom stereocenters. The highest BCUT2D eigenvalue weighted by Crippen LogP contribution is 2.13. The molecule has 0 bridgehead atoms. The summed E-state index contributed by atoms with van der Waals surface area (Å²) in [6.07, 6.45) is 23.3. The third-order valence-electron chi connectivity index (χ3n) is 6.97. The average Bonchev–Trinajstić information content (AvgIpc) is 2.92. The summed E-state index contributed by atoms with van der Waals surface area (Å²) < 4.78 is 0. The summed E-state index contributed by atoms with van der Waals surface area (Å²) >= 11 is 0. The van der Waals surface area contributed by atoms with E-state index in [0.717, 1.165) is 57.5 Å². The van der Waals surface area contributed by atoms with E-state index in [4.69, 9.17) is 0 Å². The molecule has 8 nitrogen and oxygen atoms in total. The number of likely N-dealkylation sites (N-methyl/N-ethyl adjacent to an activating group) is 1. The van der Waals surface area contributed by atoms with Crippen LogP contribution in [0.25, 0.3) is 0 Å². The Kier molecular flexibility index (Phi) is 26.4. The Morgan fingerprint density at radius 1 is 0.579 bits per heavy atom. The fourth-order valence-electron chi connectivity index (χ4n) is 4.46. The molecule has 220 valence electrons. The van der Waals surface area contributed by atoms with Gasteiger partial charge in [0.05, 0.1) is 12.1 Å². The van der Waals surface area contributed by atoms with Crippen molar-refractivity contribution < 1.29 is 24.0 Å². The molecule has 2 amide bonds. The van der Waals surface area contributed by atoms with Gasteiger partial charge in [0.25, 0.3) is 0 Å². The molecule has 38 heavy (non-hydrogen) atoms. The lowest BCUT2D eigenvalue weighted by atomic mass is 10.0. The number of aldehydes is 3. The predicted octanol–water partition coefficient (Wildman–Crippen LogP) is 4.96. The number of amides is 2. The van der Waals surface area contributed by atoms with E-state index in [9.17, 15) is 24.0 Å². The smallest absolute Gasteiger partial charge is 0.220 e. The summed E-state index contributed by atoms with van der Waals surface area (Å²) in [7, 11) is 1.75. The van der Waals surface area contributed by atoms with Crippen LogP contribution in [-0.4, -0.2) is 56.3 Å². The van der Waals surface area contributed by atoms with Crippen LogP contribution in [0.4, 0.5) is 0 Å². The summed E-state index contributed by atoms with van der Waals surface area (Å²) in [5, 5.41) is 8.48. The van der Waals surface area contributed by atoms with Gasteiger partial charge in [0.2, 0.25) is 11.8 Å². The zero-order valence-corrected chi connectivity index (χ0v) is 24.0. The normalized spacial score (nSPS) is 12.4. The molecule has 3 N–H and O–H groups in total. The molecule has 0 rings (SSSR count). The first-order valence-electron chi connectivity index (χ1n) is 15.1. The zero-order chi connectivity index (χ0) is 28.1. The SMILES string of the molecule is CNC(C=O)CCCCNC(=O)CC[C@@H](C=O)NC(=O)CCCCCCCCCCCCCCCCC=O. The van der Waals surface area contributed by atoms with Gasteiger partial charge in [0.1, 0.15) is 18.9 Å². The number of unbranched alkanes of at least 4 members (excludes halogenated alkanes) is 15. The van der Waals surface area contributed by atoms with Crippen molar-refractivity contribution in [1.82, 2.24) is 16.0 Å². The van der Waals surface area contributed by atoms with Crippen molar-refractivity contribution in [3.8, 4) is 0 Å². The number of carbonyl (C=O) groups is 5. The summed E-state index contributed by atoms with van der Waals surface area (Å²) in [6.45, 7) is 0.539. The molecule has 0 saturated carbocycles. The Hall–Kier alpha value is -2.09. The van der Waals surface area contributed by atoms with Crippen LogP contribution in [0.15, 0.2) is 0 Å². The van der Waals surface area contributed by atoms with E-state index in [0.29, 0.717) is 32.1 Å². The first-order valence-corrected chi connectivity index (χ1v) is 15.1. The van der Waals surface area contributed by atoms with Gasteiger partial charge >= 0.3 is 0 Å². The first-order chi connectivity index (χ1) is 18.6. The second-order valence-electron chi connectivity index (χ2n) is 10.4. The summed E-state index contributed by atoms with van der Waals surface area (Å²) in [4.78, 5) is 56.4. The lowest BCUT2D eigenvalue weighted by molar-refractivity contribution is -0.125. The van der Waals surface area contributed by atoms with Crippen LogP contribution in [0, 0.1) is 0 Å². The highest BCUT2D eigenvalue weighted by molar-refractivity contribution is 5.80. The maximum absolute atomic E-state index is 12.1. The molecule has 0 aliphatic heterocycles. The molecule has 0 aromatic heterocycles. The van der Waals surface area contributed by atoms with Crippen LogP contribution < -0.4 is 16.0 Å². The zero-order valence-electron chi connectivity index (χ0n) is 24.0. The van der Waals surface area contributed by atoms with Crippen molar-refractivity contribution >= 4 is 30.7 Å². The maximum atomic E-state index is 12.1. The molecular weight excluding hydrogens is 482 g/mol. The van der Waals surface area contributed by atoms with Gasteiger partial charge in [-0.15, -0.1) is 0 Å². The molecule has 0 aliphatic rings. The van der Waals surface area contributed by atoms with Crippen LogP contribution >= 0.6 is 0 Å². The fourth-order valence-corrected chi connectivity index (χ4v) is 4.46. The molecule has 0 aromatic rings. The summed E-state index contributed by atoms with van der Waals surface area (Å²) in [6, 6.07) is -0.769. The first kappa shape index (κ1) is 35.9. The van der Waals surface area contributed by atoms with E-state index in [1.54, 1.807) is 7.05 Å². The van der Waals surface area contributed by atoms with Gasteiger partial charge in [-0.05, 0) is 45.6 Å². The quantitative estimate of drug-likeness (QED) is 0.0915. The Bertz CT molecular complexity index is 615. The van der Waals surface area contributed by atoms with Crippen LogP contribution in [0.3, 0.4) is 0 Å². The summed E-state index contributed by atoms with van der Waals surface area (Å²) in [5.41, 5.74) is 0. The number of hydrogen-bond acceptors (Lipinski definition) is 6. The Morgan fingerprint density at radius 2 is 1.11 bits per heavy atom. The molecule has 0 saturated heterocycles. The van der Waals surface area contributed by atoms with Gasteiger partial charge in [0, 0.05) is 25.8 Å². The minimum atomic E-state index is -0.625. The van der Waals surface area contributed by atoms with Crippen LogP contribution in [0.1, 0.15) is 135 Å².